The van der Waals surface area contributed by atoms with E-state index in [1.165, 1.54) is 12.1 Å². The first-order chi connectivity index (χ1) is 12.1. The molecule has 6 heteroatoms. The van der Waals surface area contributed by atoms with Crippen LogP contribution in [0.4, 0.5) is 10.4 Å². The van der Waals surface area contributed by atoms with Gasteiger partial charge >= 0.3 is 0 Å². The number of fused-ring (bicyclic) bond motifs is 1. The topological polar surface area (TPSA) is 55.9 Å². The molecule has 2 aromatic heterocycles. The molecule has 0 saturated heterocycles. The summed E-state index contributed by atoms with van der Waals surface area (Å²) in [7, 11) is 0. The third kappa shape index (κ3) is 2.98. The Balaban J connectivity index is 1.62. The maximum atomic E-state index is 13.3. The minimum atomic E-state index is -0.330. The van der Waals surface area contributed by atoms with Gasteiger partial charge in [0, 0.05) is 24.1 Å². The van der Waals surface area contributed by atoms with Crippen molar-refractivity contribution in [3.8, 4) is 5.69 Å². The fourth-order valence-electron chi connectivity index (χ4n) is 2.81. The van der Waals surface area contributed by atoms with E-state index >= 15 is 0 Å². The van der Waals surface area contributed by atoms with Crippen LogP contribution in [-0.2, 0) is 0 Å². The number of aryl methyl sites for hydroxylation is 1. The number of benzene rings is 2. The number of imidazole rings is 1. The lowest BCUT2D eigenvalue weighted by Crippen LogP contribution is -2.08. The third-order valence-electron chi connectivity index (χ3n) is 4.21. The number of nitrogens with one attached hydrogen (secondary N) is 1. The van der Waals surface area contributed by atoms with Crippen LogP contribution in [0.2, 0.25) is 0 Å². The molecule has 4 aromatic rings. The van der Waals surface area contributed by atoms with Gasteiger partial charge in [0.25, 0.3) is 6.01 Å². The van der Waals surface area contributed by atoms with Crippen molar-refractivity contribution >= 4 is 17.1 Å². The average Bonchev–Trinajstić information content (AvgIpc) is 3.24. The summed E-state index contributed by atoms with van der Waals surface area (Å²) >= 11 is 0. The first-order valence-electron chi connectivity index (χ1n) is 8.01. The SMILES string of the molecule is Cc1ccc([C@H](C)Nc2nc3cc(F)ccc3o2)cc1-n1ccnc1. The third-order valence-corrected chi connectivity index (χ3v) is 4.21. The molecule has 0 aliphatic carbocycles. The number of anilines is 1. The minimum absolute atomic E-state index is 0.0271. The van der Waals surface area contributed by atoms with Crippen LogP contribution >= 0.6 is 0 Å². The summed E-state index contributed by atoms with van der Waals surface area (Å²) in [4.78, 5) is 8.40. The highest BCUT2D eigenvalue weighted by Gasteiger charge is 2.13. The lowest BCUT2D eigenvalue weighted by atomic mass is 10.0. The molecular weight excluding hydrogens is 319 g/mol. The van der Waals surface area contributed by atoms with E-state index in [0.29, 0.717) is 17.1 Å². The van der Waals surface area contributed by atoms with Gasteiger partial charge in [-0.25, -0.2) is 9.37 Å². The highest BCUT2D eigenvalue weighted by atomic mass is 19.1. The van der Waals surface area contributed by atoms with Crippen LogP contribution in [0.1, 0.15) is 24.1 Å². The van der Waals surface area contributed by atoms with Crippen LogP contribution in [-0.4, -0.2) is 14.5 Å². The number of hydrogen-bond donors (Lipinski definition) is 1. The van der Waals surface area contributed by atoms with Gasteiger partial charge < -0.3 is 14.3 Å². The molecular formula is C19H17FN4O. The number of nitrogens with zero attached hydrogens (tertiary/aromatic N) is 3. The van der Waals surface area contributed by atoms with Crippen molar-refractivity contribution < 1.29 is 8.81 Å². The van der Waals surface area contributed by atoms with Crippen LogP contribution in [0.5, 0.6) is 0 Å². The number of hydrogen-bond acceptors (Lipinski definition) is 4. The molecule has 0 aliphatic heterocycles. The standard InChI is InChI=1S/C19H17FN4O/c1-12-3-4-14(9-17(12)24-8-7-21-11-24)13(2)22-19-23-16-10-15(20)5-6-18(16)25-19/h3-11,13H,1-2H3,(H,22,23)/t13-/m0/s1. The maximum absolute atomic E-state index is 13.3. The van der Waals surface area contributed by atoms with E-state index < -0.39 is 0 Å². The summed E-state index contributed by atoms with van der Waals surface area (Å²) in [6.45, 7) is 4.09. The maximum Gasteiger partial charge on any atom is 0.296 e. The number of oxazole rings is 1. The van der Waals surface area contributed by atoms with Crippen molar-refractivity contribution in [2.75, 3.05) is 5.32 Å². The molecule has 2 heterocycles. The van der Waals surface area contributed by atoms with Crippen molar-refractivity contribution in [3.63, 3.8) is 0 Å². The van der Waals surface area contributed by atoms with Gasteiger partial charge in [0.15, 0.2) is 5.58 Å². The average molecular weight is 336 g/mol. The lowest BCUT2D eigenvalue weighted by Gasteiger charge is -2.15. The quantitative estimate of drug-likeness (QED) is 0.590. The van der Waals surface area contributed by atoms with Gasteiger partial charge in [-0.1, -0.05) is 12.1 Å². The molecule has 4 rings (SSSR count). The van der Waals surface area contributed by atoms with E-state index in [0.717, 1.165) is 16.8 Å². The molecule has 1 N–H and O–H groups in total. The Morgan fingerprint density at radius 1 is 1.20 bits per heavy atom. The second-order valence-electron chi connectivity index (χ2n) is 6.01. The van der Waals surface area contributed by atoms with Crippen LogP contribution in [0.3, 0.4) is 0 Å². The molecule has 0 unspecified atom stereocenters. The van der Waals surface area contributed by atoms with Gasteiger partial charge in [-0.3, -0.25) is 0 Å². The van der Waals surface area contributed by atoms with Gasteiger partial charge in [0.05, 0.1) is 12.4 Å². The molecule has 0 saturated carbocycles. The number of halogens is 1. The van der Waals surface area contributed by atoms with Crippen molar-refractivity contribution in [1.29, 1.82) is 0 Å². The fourth-order valence-corrected chi connectivity index (χ4v) is 2.81. The molecule has 0 bridgehead atoms. The predicted octanol–water partition coefficient (Wildman–Crippen LogP) is 4.63. The summed E-state index contributed by atoms with van der Waals surface area (Å²) in [6.07, 6.45) is 5.45. The second kappa shape index (κ2) is 6.05. The van der Waals surface area contributed by atoms with Gasteiger partial charge in [-0.05, 0) is 43.2 Å². The van der Waals surface area contributed by atoms with E-state index in [9.17, 15) is 4.39 Å². The molecule has 0 aliphatic rings. The number of aromatic nitrogens is 3. The van der Waals surface area contributed by atoms with Crippen LogP contribution < -0.4 is 5.32 Å². The normalized spacial score (nSPS) is 12.4. The molecule has 25 heavy (non-hydrogen) atoms. The largest absolute Gasteiger partial charge is 0.424 e. The first kappa shape index (κ1) is 15.4. The molecule has 126 valence electrons. The van der Waals surface area contributed by atoms with E-state index in [1.54, 1.807) is 18.6 Å². The van der Waals surface area contributed by atoms with Gasteiger partial charge in [0.2, 0.25) is 0 Å². The Kier molecular flexibility index (Phi) is 3.72. The Bertz CT molecular complexity index is 1020. The predicted molar refractivity (Wildman–Crippen MR) is 94.3 cm³/mol. The van der Waals surface area contributed by atoms with Gasteiger partial charge in [-0.2, -0.15) is 4.98 Å². The van der Waals surface area contributed by atoms with E-state index in [2.05, 4.69) is 40.4 Å². The van der Waals surface area contributed by atoms with E-state index in [1.807, 2.05) is 17.7 Å². The van der Waals surface area contributed by atoms with Crippen molar-refractivity contribution in [3.05, 3.63) is 72.1 Å². The van der Waals surface area contributed by atoms with Crippen molar-refractivity contribution in [2.24, 2.45) is 0 Å². The summed E-state index contributed by atoms with van der Waals surface area (Å²) in [5.41, 5.74) is 4.37. The van der Waals surface area contributed by atoms with E-state index in [4.69, 9.17) is 4.42 Å². The summed E-state index contributed by atoms with van der Waals surface area (Å²) in [6, 6.07) is 10.9. The monoisotopic (exact) mass is 336 g/mol. The molecule has 0 fully saturated rings. The van der Waals surface area contributed by atoms with Crippen molar-refractivity contribution in [2.45, 2.75) is 19.9 Å². The molecule has 0 amide bonds. The molecule has 5 nitrogen and oxygen atoms in total. The Morgan fingerprint density at radius 3 is 2.88 bits per heavy atom. The summed E-state index contributed by atoms with van der Waals surface area (Å²) in [5.74, 6) is -0.330. The summed E-state index contributed by atoms with van der Waals surface area (Å²) < 4.78 is 20.9. The zero-order valence-electron chi connectivity index (χ0n) is 13.9. The Hall–Kier alpha value is -3.15. The lowest BCUT2D eigenvalue weighted by molar-refractivity contribution is 0.601. The van der Waals surface area contributed by atoms with Crippen LogP contribution in [0, 0.1) is 12.7 Å². The first-order valence-corrected chi connectivity index (χ1v) is 8.01. The van der Waals surface area contributed by atoms with E-state index in [-0.39, 0.29) is 11.9 Å². The number of rotatable bonds is 4. The van der Waals surface area contributed by atoms with Crippen LogP contribution in [0.15, 0.2) is 59.5 Å². The smallest absolute Gasteiger partial charge is 0.296 e. The molecule has 0 spiro atoms. The second-order valence-corrected chi connectivity index (χ2v) is 6.01. The van der Waals surface area contributed by atoms with Crippen LogP contribution in [0.25, 0.3) is 16.8 Å². The highest BCUT2D eigenvalue weighted by Crippen LogP contribution is 2.26. The van der Waals surface area contributed by atoms with Crippen molar-refractivity contribution in [1.82, 2.24) is 14.5 Å². The fraction of sp³-hybridized carbons (Fsp3) is 0.158. The summed E-state index contributed by atoms with van der Waals surface area (Å²) in [5, 5.41) is 3.23. The van der Waals surface area contributed by atoms with Gasteiger partial charge in [0.1, 0.15) is 11.3 Å². The minimum Gasteiger partial charge on any atom is -0.424 e. The van der Waals surface area contributed by atoms with Gasteiger partial charge in [-0.15, -0.1) is 0 Å². The zero-order chi connectivity index (χ0) is 17.4. The Labute approximate surface area is 144 Å². The molecule has 1 atom stereocenters. The zero-order valence-corrected chi connectivity index (χ0v) is 13.9. The highest BCUT2D eigenvalue weighted by molar-refractivity contribution is 5.74. The Morgan fingerprint density at radius 2 is 2.08 bits per heavy atom. The molecule has 2 aromatic carbocycles. The molecule has 0 radical (unpaired) electrons.